The van der Waals surface area contributed by atoms with Crippen molar-refractivity contribution in [3.8, 4) is 0 Å². The molecule has 25 heavy (non-hydrogen) atoms. The number of benzene rings is 3. The highest BCUT2D eigenvalue weighted by molar-refractivity contribution is 6.30. The minimum atomic E-state index is -0.317. The second-order valence-corrected chi connectivity index (χ2v) is 6.91. The molecular weight excluding hydrogens is 328 g/mol. The average Bonchev–Trinajstić information content (AvgIpc) is 2.68. The predicted molar refractivity (Wildman–Crippen MR) is 105 cm³/mol. The smallest absolute Gasteiger partial charge is 0.115 e. The summed E-state index contributed by atoms with van der Waals surface area (Å²) in [6, 6.07) is 27.3. The van der Waals surface area contributed by atoms with E-state index < -0.39 is 0 Å². The summed E-state index contributed by atoms with van der Waals surface area (Å²) < 4.78 is 0. The molecule has 3 aromatic rings. The molecule has 3 heteroatoms. The summed E-state index contributed by atoms with van der Waals surface area (Å²) in [5, 5.41) is 8.35. The highest BCUT2D eigenvalue weighted by atomic mass is 35.5. The molecule has 126 valence electrons. The van der Waals surface area contributed by atoms with Gasteiger partial charge in [0.1, 0.15) is 5.66 Å². The number of nitrogens with one attached hydrogen (secondary N) is 2. The maximum atomic E-state index is 6.30. The van der Waals surface area contributed by atoms with Gasteiger partial charge in [0, 0.05) is 10.7 Å². The van der Waals surface area contributed by atoms with Gasteiger partial charge in [0.05, 0.1) is 6.04 Å². The third kappa shape index (κ3) is 2.92. The number of rotatable bonds is 3. The zero-order valence-electron chi connectivity index (χ0n) is 14.2. The van der Waals surface area contributed by atoms with E-state index in [9.17, 15) is 0 Å². The average molecular weight is 349 g/mol. The topological polar surface area (TPSA) is 24.1 Å². The molecule has 0 amide bonds. The molecule has 1 heterocycles. The van der Waals surface area contributed by atoms with E-state index in [4.69, 9.17) is 11.6 Å². The van der Waals surface area contributed by atoms with Crippen LogP contribution in [0, 0.1) is 0 Å². The van der Waals surface area contributed by atoms with E-state index in [0.29, 0.717) is 0 Å². The maximum absolute atomic E-state index is 6.30. The van der Waals surface area contributed by atoms with Crippen molar-refractivity contribution in [3.63, 3.8) is 0 Å². The Bertz CT molecular complexity index is 864. The first-order valence-corrected chi connectivity index (χ1v) is 9.05. The first-order chi connectivity index (χ1) is 12.2. The normalized spacial score (nSPS) is 22.1. The summed E-state index contributed by atoms with van der Waals surface area (Å²) >= 11 is 6.30. The van der Waals surface area contributed by atoms with Crippen LogP contribution in [0.5, 0.6) is 0 Å². The van der Waals surface area contributed by atoms with Crippen molar-refractivity contribution in [2.45, 2.75) is 25.0 Å². The molecule has 2 unspecified atom stereocenters. The predicted octanol–water partition coefficient (Wildman–Crippen LogP) is 5.71. The van der Waals surface area contributed by atoms with Crippen LogP contribution in [0.4, 0.5) is 5.69 Å². The SMILES string of the molecule is CCC1(c2ccccc2)Nc2ccc(Cl)cc2C(c2ccccc2)N1. The number of anilines is 1. The highest BCUT2D eigenvalue weighted by Gasteiger charge is 2.38. The summed E-state index contributed by atoms with van der Waals surface area (Å²) in [5.41, 5.74) is 4.46. The Morgan fingerprint density at radius 2 is 1.60 bits per heavy atom. The molecule has 1 aliphatic heterocycles. The van der Waals surface area contributed by atoms with Crippen molar-refractivity contribution < 1.29 is 0 Å². The Labute approximate surface area is 153 Å². The summed E-state index contributed by atoms with van der Waals surface area (Å²) in [6.45, 7) is 2.20. The van der Waals surface area contributed by atoms with Crippen molar-refractivity contribution in [1.82, 2.24) is 5.32 Å². The van der Waals surface area contributed by atoms with E-state index in [-0.39, 0.29) is 11.7 Å². The minimum absolute atomic E-state index is 0.0799. The van der Waals surface area contributed by atoms with Crippen molar-refractivity contribution in [2.24, 2.45) is 0 Å². The van der Waals surface area contributed by atoms with Crippen LogP contribution in [-0.2, 0) is 5.66 Å². The van der Waals surface area contributed by atoms with Gasteiger partial charge < -0.3 is 5.32 Å². The van der Waals surface area contributed by atoms with Crippen LogP contribution in [0.3, 0.4) is 0 Å². The van der Waals surface area contributed by atoms with E-state index in [1.165, 1.54) is 16.7 Å². The lowest BCUT2D eigenvalue weighted by Gasteiger charge is -2.45. The Hall–Kier alpha value is -2.29. The van der Waals surface area contributed by atoms with Gasteiger partial charge in [-0.3, -0.25) is 5.32 Å². The molecule has 2 atom stereocenters. The largest absolute Gasteiger partial charge is 0.363 e. The first kappa shape index (κ1) is 16.2. The molecule has 3 aromatic carbocycles. The van der Waals surface area contributed by atoms with E-state index in [1.54, 1.807) is 0 Å². The first-order valence-electron chi connectivity index (χ1n) is 8.68. The van der Waals surface area contributed by atoms with Crippen LogP contribution in [0.1, 0.15) is 36.1 Å². The molecule has 0 saturated heterocycles. The maximum Gasteiger partial charge on any atom is 0.115 e. The van der Waals surface area contributed by atoms with Gasteiger partial charge in [0.15, 0.2) is 0 Å². The van der Waals surface area contributed by atoms with Gasteiger partial charge in [-0.15, -0.1) is 0 Å². The zero-order chi connectivity index (χ0) is 17.3. The molecular formula is C22H21ClN2. The van der Waals surface area contributed by atoms with Crippen molar-refractivity contribution in [3.05, 3.63) is 101 Å². The lowest BCUT2D eigenvalue weighted by molar-refractivity contribution is 0.325. The number of fused-ring (bicyclic) bond motifs is 1. The fourth-order valence-corrected chi connectivity index (χ4v) is 3.84. The Morgan fingerprint density at radius 1 is 0.920 bits per heavy atom. The second kappa shape index (κ2) is 6.55. The summed E-state index contributed by atoms with van der Waals surface area (Å²) in [5.74, 6) is 0. The van der Waals surface area contributed by atoms with Gasteiger partial charge >= 0.3 is 0 Å². The number of hydrogen-bond acceptors (Lipinski definition) is 2. The summed E-state index contributed by atoms with van der Waals surface area (Å²) in [6.07, 6.45) is 0.919. The van der Waals surface area contributed by atoms with Crippen molar-refractivity contribution >= 4 is 17.3 Å². The lowest BCUT2D eigenvalue weighted by atomic mass is 9.86. The van der Waals surface area contributed by atoms with Crippen molar-refractivity contribution in [2.75, 3.05) is 5.32 Å². The molecule has 0 aliphatic carbocycles. The molecule has 0 fully saturated rings. The summed E-state index contributed by atoms with van der Waals surface area (Å²) in [7, 11) is 0. The van der Waals surface area contributed by atoms with Gasteiger partial charge in [-0.2, -0.15) is 0 Å². The fourth-order valence-electron chi connectivity index (χ4n) is 3.66. The number of hydrogen-bond donors (Lipinski definition) is 2. The second-order valence-electron chi connectivity index (χ2n) is 6.47. The standard InChI is InChI=1S/C22H21ClN2/c1-2-22(17-11-7-4-8-12-17)24-20-14-13-18(23)15-19(20)21(25-22)16-9-5-3-6-10-16/h3-15,21,24-25H,2H2,1H3. The van der Waals surface area contributed by atoms with E-state index in [2.05, 4.69) is 84.3 Å². The minimum Gasteiger partial charge on any atom is -0.363 e. The van der Waals surface area contributed by atoms with Crippen LogP contribution in [0.2, 0.25) is 5.02 Å². The molecule has 0 radical (unpaired) electrons. The fraction of sp³-hybridized carbons (Fsp3) is 0.182. The zero-order valence-corrected chi connectivity index (χ0v) is 14.9. The van der Waals surface area contributed by atoms with Gasteiger partial charge in [0.25, 0.3) is 0 Å². The molecule has 0 bridgehead atoms. The summed E-state index contributed by atoms with van der Waals surface area (Å²) in [4.78, 5) is 0. The van der Waals surface area contributed by atoms with Crippen LogP contribution >= 0.6 is 11.6 Å². The monoisotopic (exact) mass is 348 g/mol. The van der Waals surface area contributed by atoms with Crippen LogP contribution in [0.15, 0.2) is 78.9 Å². The molecule has 2 nitrogen and oxygen atoms in total. The van der Waals surface area contributed by atoms with Crippen molar-refractivity contribution in [1.29, 1.82) is 0 Å². The van der Waals surface area contributed by atoms with Gasteiger partial charge in [0.2, 0.25) is 0 Å². The third-order valence-corrected chi connectivity index (χ3v) is 5.23. The van der Waals surface area contributed by atoms with Gasteiger partial charge in [-0.25, -0.2) is 0 Å². The van der Waals surface area contributed by atoms with Crippen LogP contribution in [-0.4, -0.2) is 0 Å². The van der Waals surface area contributed by atoms with Crippen LogP contribution < -0.4 is 10.6 Å². The van der Waals surface area contributed by atoms with Gasteiger partial charge in [-0.05, 0) is 41.3 Å². The molecule has 2 N–H and O–H groups in total. The van der Waals surface area contributed by atoms with E-state index in [0.717, 1.165) is 17.1 Å². The van der Waals surface area contributed by atoms with E-state index >= 15 is 0 Å². The Morgan fingerprint density at radius 3 is 2.28 bits per heavy atom. The van der Waals surface area contributed by atoms with E-state index in [1.807, 2.05) is 12.1 Å². The molecule has 0 aromatic heterocycles. The van der Waals surface area contributed by atoms with Crippen LogP contribution in [0.25, 0.3) is 0 Å². The Balaban J connectivity index is 1.88. The molecule has 0 saturated carbocycles. The Kier molecular flexibility index (Phi) is 4.24. The van der Waals surface area contributed by atoms with Gasteiger partial charge in [-0.1, -0.05) is 79.2 Å². The number of halogens is 1. The molecule has 0 spiro atoms. The lowest BCUT2D eigenvalue weighted by Crippen LogP contribution is -2.53. The quantitative estimate of drug-likeness (QED) is 0.633. The molecule has 1 aliphatic rings. The highest BCUT2D eigenvalue weighted by Crippen LogP contribution is 2.41. The third-order valence-electron chi connectivity index (χ3n) is 4.99. The molecule has 4 rings (SSSR count).